The predicted molar refractivity (Wildman–Crippen MR) is 130 cm³/mol. The lowest BCUT2D eigenvalue weighted by atomic mass is 9.98. The van der Waals surface area contributed by atoms with Gasteiger partial charge in [-0.25, -0.2) is 9.37 Å². The maximum Gasteiger partial charge on any atom is 0.163 e. The molecule has 0 aliphatic carbocycles. The summed E-state index contributed by atoms with van der Waals surface area (Å²) in [6.07, 6.45) is 0.609. The summed E-state index contributed by atoms with van der Waals surface area (Å²) < 4.78 is 13.9. The number of ketones is 1. The van der Waals surface area contributed by atoms with Gasteiger partial charge in [-0.15, -0.1) is 0 Å². The minimum absolute atomic E-state index is 0.0475. The van der Waals surface area contributed by atoms with Gasteiger partial charge in [0.05, 0.1) is 11.2 Å². The van der Waals surface area contributed by atoms with Crippen LogP contribution in [-0.2, 0) is 6.54 Å². The van der Waals surface area contributed by atoms with E-state index >= 15 is 0 Å². The van der Waals surface area contributed by atoms with Crippen molar-refractivity contribution in [2.45, 2.75) is 44.6 Å². The molecule has 1 saturated heterocycles. The molecule has 0 saturated carbocycles. The third kappa shape index (κ3) is 5.31. The number of carbonyl (C=O) groups is 1. The number of pyridine rings is 1. The van der Waals surface area contributed by atoms with E-state index in [2.05, 4.69) is 42.3 Å². The van der Waals surface area contributed by atoms with Crippen LogP contribution in [-0.4, -0.2) is 48.5 Å². The number of nitrogens with zero attached hydrogens (tertiary/aromatic N) is 2. The summed E-state index contributed by atoms with van der Waals surface area (Å²) in [6, 6.07) is 17.2. The number of Topliss-reactive ketones (excluding diaryl/α,β-unsaturated/α-hetero) is 1. The highest BCUT2D eigenvalue weighted by molar-refractivity contribution is 6.77. The molecule has 0 spiro atoms. The number of carbonyl (C=O) groups excluding carboxylic acids is 1. The van der Waals surface area contributed by atoms with E-state index in [0.717, 1.165) is 12.1 Å². The number of aliphatic hydroxyl groups is 1. The summed E-state index contributed by atoms with van der Waals surface area (Å²) >= 11 is 0. The Hall–Kier alpha value is -2.41. The number of aromatic nitrogens is 1. The molecule has 1 N–H and O–H groups in total. The molecule has 0 amide bonds. The molecule has 1 aliphatic heterocycles. The third-order valence-electron chi connectivity index (χ3n) is 6.50. The number of hydrogen-bond acceptors (Lipinski definition) is 4. The Morgan fingerprint density at radius 2 is 1.81 bits per heavy atom. The highest BCUT2D eigenvalue weighted by atomic mass is 28.3. The van der Waals surface area contributed by atoms with Crippen molar-refractivity contribution in [2.75, 3.05) is 19.7 Å². The molecule has 0 bridgehead atoms. The molecule has 0 unspecified atom stereocenters. The van der Waals surface area contributed by atoms with Crippen molar-refractivity contribution < 1.29 is 14.3 Å². The summed E-state index contributed by atoms with van der Waals surface area (Å²) in [7, 11) is -0.967. The Morgan fingerprint density at radius 3 is 2.50 bits per heavy atom. The van der Waals surface area contributed by atoms with Gasteiger partial charge < -0.3 is 5.11 Å². The van der Waals surface area contributed by atoms with Gasteiger partial charge in [0.2, 0.25) is 0 Å². The van der Waals surface area contributed by atoms with Crippen LogP contribution in [0.2, 0.25) is 25.2 Å². The summed E-state index contributed by atoms with van der Waals surface area (Å²) in [6.45, 7) is 8.24. The van der Waals surface area contributed by atoms with Gasteiger partial charge >= 0.3 is 0 Å². The molecule has 1 fully saturated rings. The first-order chi connectivity index (χ1) is 15.3. The summed E-state index contributed by atoms with van der Waals surface area (Å²) in [4.78, 5) is 20.0. The first-order valence-corrected chi connectivity index (χ1v) is 14.8. The molecule has 1 aromatic heterocycles. The van der Waals surface area contributed by atoms with Gasteiger partial charge in [-0.2, -0.15) is 0 Å². The molecular formula is C26H31FN2O2Si. The van der Waals surface area contributed by atoms with E-state index in [1.165, 1.54) is 42.9 Å². The van der Waals surface area contributed by atoms with Crippen molar-refractivity contribution in [3.05, 3.63) is 65.5 Å². The van der Waals surface area contributed by atoms with E-state index < -0.39 is 13.9 Å². The Morgan fingerprint density at radius 1 is 1.09 bits per heavy atom. The monoisotopic (exact) mass is 450 g/mol. The minimum Gasteiger partial charge on any atom is -0.396 e. The fraction of sp³-hybridized carbons (Fsp3) is 0.385. The first-order valence-electron chi connectivity index (χ1n) is 11.4. The Balaban J connectivity index is 1.59. The first kappa shape index (κ1) is 22.8. The fourth-order valence-electron chi connectivity index (χ4n) is 4.31. The Labute approximate surface area is 190 Å². The molecule has 2 heterocycles. The number of hydrogen-bond donors (Lipinski definition) is 1. The molecule has 32 heavy (non-hydrogen) atoms. The molecule has 6 heteroatoms. The van der Waals surface area contributed by atoms with E-state index in [1.54, 1.807) is 12.1 Å². The van der Waals surface area contributed by atoms with Crippen LogP contribution >= 0.6 is 0 Å². The van der Waals surface area contributed by atoms with Gasteiger partial charge in [0.25, 0.3) is 0 Å². The molecule has 4 rings (SSSR count). The van der Waals surface area contributed by atoms with Gasteiger partial charge in [-0.1, -0.05) is 37.4 Å². The van der Waals surface area contributed by atoms with E-state index in [1.807, 2.05) is 0 Å². The SMILES string of the molecule is C[Si]1(C)CCN(Cc2ccc(-c3cc(C(=O)CCCO)c4cc(F)ccc4n3)cc2)CC1. The van der Waals surface area contributed by atoms with Crippen LogP contribution in [0, 0.1) is 5.82 Å². The number of aliphatic hydroxyl groups excluding tert-OH is 1. The predicted octanol–water partition coefficient (Wildman–Crippen LogP) is 5.52. The summed E-state index contributed by atoms with van der Waals surface area (Å²) in [5.41, 5.74) is 3.97. The lowest BCUT2D eigenvalue weighted by Gasteiger charge is -2.35. The topological polar surface area (TPSA) is 53.4 Å². The van der Waals surface area contributed by atoms with Crippen molar-refractivity contribution in [2.24, 2.45) is 0 Å². The quantitative estimate of drug-likeness (QED) is 0.380. The van der Waals surface area contributed by atoms with E-state index in [9.17, 15) is 9.18 Å². The molecular weight excluding hydrogens is 419 g/mol. The van der Waals surface area contributed by atoms with Crippen LogP contribution in [0.1, 0.15) is 28.8 Å². The van der Waals surface area contributed by atoms with E-state index in [-0.39, 0.29) is 18.8 Å². The van der Waals surface area contributed by atoms with Crippen molar-refractivity contribution >= 4 is 24.8 Å². The second-order valence-corrected chi connectivity index (χ2v) is 14.9. The van der Waals surface area contributed by atoms with Crippen LogP contribution in [0.5, 0.6) is 0 Å². The van der Waals surface area contributed by atoms with E-state index in [4.69, 9.17) is 10.1 Å². The fourth-order valence-corrected chi connectivity index (χ4v) is 6.40. The average Bonchev–Trinajstić information content (AvgIpc) is 2.78. The molecule has 0 atom stereocenters. The zero-order valence-electron chi connectivity index (χ0n) is 18.9. The van der Waals surface area contributed by atoms with Gasteiger partial charge in [-0.05, 0) is 61.4 Å². The smallest absolute Gasteiger partial charge is 0.163 e. The molecule has 2 aromatic carbocycles. The van der Waals surface area contributed by atoms with Crippen LogP contribution < -0.4 is 0 Å². The summed E-state index contributed by atoms with van der Waals surface area (Å²) in [5, 5.41) is 9.61. The number of benzene rings is 2. The lowest BCUT2D eigenvalue weighted by molar-refractivity contribution is 0.0973. The second-order valence-electron chi connectivity index (χ2n) is 9.60. The Kier molecular flexibility index (Phi) is 6.84. The normalized spacial score (nSPS) is 16.4. The molecule has 4 nitrogen and oxygen atoms in total. The largest absolute Gasteiger partial charge is 0.396 e. The highest BCUT2D eigenvalue weighted by Gasteiger charge is 2.27. The zero-order chi connectivity index (χ0) is 22.7. The Bertz CT molecular complexity index is 1100. The number of fused-ring (bicyclic) bond motifs is 1. The standard InChI is InChI=1S/C26H31FN2O2Si/c1-32(2)14-11-29(12-15-32)18-19-5-7-20(8-6-19)25-17-23(26(31)4-3-13-30)22-16-21(27)9-10-24(22)28-25/h5-10,16-17,30H,3-4,11-15,18H2,1-2H3. The van der Waals surface area contributed by atoms with Gasteiger partial charge in [0, 0.05) is 44.2 Å². The van der Waals surface area contributed by atoms with Gasteiger partial charge in [-0.3, -0.25) is 9.69 Å². The molecule has 168 valence electrons. The average molecular weight is 451 g/mol. The molecule has 0 radical (unpaired) electrons. The maximum absolute atomic E-state index is 13.9. The maximum atomic E-state index is 13.9. The third-order valence-corrected chi connectivity index (χ3v) is 9.65. The van der Waals surface area contributed by atoms with Crippen molar-refractivity contribution in [1.82, 2.24) is 9.88 Å². The summed E-state index contributed by atoms with van der Waals surface area (Å²) in [5.74, 6) is -0.497. The van der Waals surface area contributed by atoms with Crippen molar-refractivity contribution in [1.29, 1.82) is 0 Å². The lowest BCUT2D eigenvalue weighted by Crippen LogP contribution is -2.42. The van der Waals surface area contributed by atoms with Crippen molar-refractivity contribution in [3.63, 3.8) is 0 Å². The van der Waals surface area contributed by atoms with Crippen LogP contribution in [0.25, 0.3) is 22.2 Å². The van der Waals surface area contributed by atoms with E-state index in [0.29, 0.717) is 28.6 Å². The van der Waals surface area contributed by atoms with Gasteiger partial charge in [0.1, 0.15) is 5.82 Å². The second kappa shape index (κ2) is 9.61. The van der Waals surface area contributed by atoms with Crippen LogP contribution in [0.3, 0.4) is 0 Å². The van der Waals surface area contributed by atoms with Crippen molar-refractivity contribution in [3.8, 4) is 11.3 Å². The highest BCUT2D eigenvalue weighted by Crippen LogP contribution is 2.28. The van der Waals surface area contributed by atoms with Crippen LogP contribution in [0.4, 0.5) is 4.39 Å². The van der Waals surface area contributed by atoms with Gasteiger partial charge in [0.15, 0.2) is 5.78 Å². The minimum atomic E-state index is -0.967. The molecule has 1 aliphatic rings. The molecule has 3 aromatic rings. The number of halogens is 1. The zero-order valence-corrected chi connectivity index (χ0v) is 19.9. The number of rotatable bonds is 7. The van der Waals surface area contributed by atoms with Crippen LogP contribution in [0.15, 0.2) is 48.5 Å².